The van der Waals surface area contributed by atoms with E-state index in [1.165, 1.54) is 0 Å². The molecule has 0 bridgehead atoms. The van der Waals surface area contributed by atoms with E-state index in [1.54, 1.807) is 25.6 Å². The Hall–Kier alpha value is -2.84. The summed E-state index contributed by atoms with van der Waals surface area (Å²) in [6.45, 7) is 5.63. The van der Waals surface area contributed by atoms with Gasteiger partial charge in [0, 0.05) is 38.3 Å². The van der Waals surface area contributed by atoms with Gasteiger partial charge in [-0.3, -0.25) is 9.69 Å². The van der Waals surface area contributed by atoms with Gasteiger partial charge in [-0.1, -0.05) is 6.07 Å². The normalized spacial score (nSPS) is 14.6. The van der Waals surface area contributed by atoms with E-state index in [1.807, 2.05) is 47.5 Å². The molecule has 1 fully saturated rings. The molecular weight excluding hydrogens is 414 g/mol. The zero-order chi connectivity index (χ0) is 21.8. The van der Waals surface area contributed by atoms with Crippen LogP contribution in [0.25, 0.3) is 10.8 Å². The molecule has 8 heteroatoms. The van der Waals surface area contributed by atoms with Crippen molar-refractivity contribution in [1.82, 2.24) is 14.8 Å². The van der Waals surface area contributed by atoms with E-state index in [9.17, 15) is 4.79 Å². The third kappa shape index (κ3) is 4.91. The lowest BCUT2D eigenvalue weighted by Crippen LogP contribution is -2.48. The third-order valence-electron chi connectivity index (χ3n) is 5.55. The fourth-order valence-electron chi connectivity index (χ4n) is 3.75. The fourth-order valence-corrected chi connectivity index (χ4v) is 4.40. The Labute approximate surface area is 186 Å². The Morgan fingerprint density at radius 2 is 1.97 bits per heavy atom. The highest BCUT2D eigenvalue weighted by Gasteiger charge is 2.24. The first kappa shape index (κ1) is 21.4. The van der Waals surface area contributed by atoms with Gasteiger partial charge >= 0.3 is 0 Å². The summed E-state index contributed by atoms with van der Waals surface area (Å²) in [7, 11) is 3.34. The molecule has 1 aliphatic rings. The van der Waals surface area contributed by atoms with Crippen LogP contribution in [0.3, 0.4) is 0 Å². The van der Waals surface area contributed by atoms with Crippen molar-refractivity contribution in [1.29, 1.82) is 0 Å². The monoisotopic (exact) mass is 441 g/mol. The maximum Gasteiger partial charge on any atom is 0.236 e. The van der Waals surface area contributed by atoms with Crippen molar-refractivity contribution < 1.29 is 18.7 Å². The van der Waals surface area contributed by atoms with Gasteiger partial charge in [0.25, 0.3) is 0 Å². The molecule has 4 rings (SSSR count). The van der Waals surface area contributed by atoms with Gasteiger partial charge in [0.1, 0.15) is 17.3 Å². The molecule has 1 amide bonds. The highest BCUT2D eigenvalue weighted by molar-refractivity contribution is 7.13. The molecule has 0 radical (unpaired) electrons. The smallest absolute Gasteiger partial charge is 0.236 e. The van der Waals surface area contributed by atoms with Crippen molar-refractivity contribution in [3.63, 3.8) is 0 Å². The summed E-state index contributed by atoms with van der Waals surface area (Å²) in [6, 6.07) is 9.77. The number of carbonyl (C=O) groups excluding carboxylic acids is 1. The van der Waals surface area contributed by atoms with E-state index in [4.69, 9.17) is 13.9 Å². The van der Waals surface area contributed by atoms with E-state index in [-0.39, 0.29) is 12.3 Å². The predicted molar refractivity (Wildman–Crippen MR) is 120 cm³/mol. The van der Waals surface area contributed by atoms with Crippen molar-refractivity contribution in [3.8, 4) is 22.3 Å². The third-order valence-corrected chi connectivity index (χ3v) is 6.41. The van der Waals surface area contributed by atoms with Crippen LogP contribution in [0.15, 0.2) is 40.1 Å². The highest BCUT2D eigenvalue weighted by Crippen LogP contribution is 2.27. The maximum absolute atomic E-state index is 12.9. The van der Waals surface area contributed by atoms with Crippen molar-refractivity contribution >= 4 is 17.2 Å². The first-order chi connectivity index (χ1) is 15.1. The van der Waals surface area contributed by atoms with E-state index < -0.39 is 0 Å². The number of methoxy groups -OCH3 is 2. The van der Waals surface area contributed by atoms with Crippen LogP contribution in [-0.2, 0) is 17.8 Å². The Balaban J connectivity index is 1.33. The van der Waals surface area contributed by atoms with E-state index >= 15 is 0 Å². The molecule has 1 aromatic carbocycles. The van der Waals surface area contributed by atoms with Gasteiger partial charge in [0.15, 0.2) is 0 Å². The van der Waals surface area contributed by atoms with Gasteiger partial charge in [-0.15, -0.1) is 11.3 Å². The molecule has 31 heavy (non-hydrogen) atoms. The Bertz CT molecular complexity index is 1020. The molecule has 0 unspecified atom stereocenters. The summed E-state index contributed by atoms with van der Waals surface area (Å²) in [5.74, 6) is 3.05. The van der Waals surface area contributed by atoms with Gasteiger partial charge in [0.2, 0.25) is 11.8 Å². The van der Waals surface area contributed by atoms with Crippen molar-refractivity contribution in [3.05, 3.63) is 52.7 Å². The van der Waals surface area contributed by atoms with Crippen molar-refractivity contribution in [2.75, 3.05) is 40.4 Å². The van der Waals surface area contributed by atoms with Crippen LogP contribution in [0.2, 0.25) is 0 Å². The second-order valence-electron chi connectivity index (χ2n) is 7.51. The second kappa shape index (κ2) is 9.53. The summed E-state index contributed by atoms with van der Waals surface area (Å²) >= 11 is 1.58. The van der Waals surface area contributed by atoms with Crippen LogP contribution in [0.4, 0.5) is 0 Å². The number of aromatic nitrogens is 1. The molecule has 3 heterocycles. The first-order valence-electron chi connectivity index (χ1n) is 10.3. The molecule has 1 aliphatic heterocycles. The lowest BCUT2D eigenvalue weighted by molar-refractivity contribution is -0.132. The Morgan fingerprint density at radius 3 is 2.65 bits per heavy atom. The summed E-state index contributed by atoms with van der Waals surface area (Å²) in [6.07, 6.45) is 0.268. The SMILES string of the molecule is COc1ccc(OC)c(CN2CCN(C(=O)Cc3nc(-c4cccs4)oc3C)CC2)c1. The molecule has 7 nitrogen and oxygen atoms in total. The second-order valence-corrected chi connectivity index (χ2v) is 8.46. The fraction of sp³-hybridized carbons (Fsp3) is 0.391. The van der Waals surface area contributed by atoms with E-state index in [0.717, 1.165) is 47.3 Å². The number of carbonyl (C=O) groups is 1. The number of hydrogen-bond acceptors (Lipinski definition) is 7. The number of amides is 1. The van der Waals surface area contributed by atoms with Crippen molar-refractivity contribution in [2.45, 2.75) is 19.9 Å². The molecule has 3 aromatic rings. The maximum atomic E-state index is 12.9. The van der Waals surface area contributed by atoms with Crippen LogP contribution in [0.5, 0.6) is 11.5 Å². The van der Waals surface area contributed by atoms with E-state index in [0.29, 0.717) is 24.7 Å². The lowest BCUT2D eigenvalue weighted by Gasteiger charge is -2.35. The molecular formula is C23H27N3O4S. The van der Waals surface area contributed by atoms with Gasteiger partial charge in [-0.2, -0.15) is 0 Å². The van der Waals surface area contributed by atoms with Gasteiger partial charge in [-0.05, 0) is 36.6 Å². The number of rotatable bonds is 7. The first-order valence-corrected chi connectivity index (χ1v) is 11.2. The molecule has 0 spiro atoms. The number of ether oxygens (including phenoxy) is 2. The quantitative estimate of drug-likeness (QED) is 0.558. The van der Waals surface area contributed by atoms with Crippen LogP contribution in [0, 0.1) is 6.92 Å². The number of thiophene rings is 1. The lowest BCUT2D eigenvalue weighted by atomic mass is 10.1. The van der Waals surface area contributed by atoms with Crippen molar-refractivity contribution in [2.24, 2.45) is 0 Å². The van der Waals surface area contributed by atoms with Gasteiger partial charge in [0.05, 0.1) is 31.2 Å². The summed E-state index contributed by atoms with van der Waals surface area (Å²) < 4.78 is 16.6. The average molecular weight is 442 g/mol. The van der Waals surface area contributed by atoms with E-state index in [2.05, 4.69) is 9.88 Å². The minimum Gasteiger partial charge on any atom is -0.497 e. The molecule has 1 saturated heterocycles. The minimum atomic E-state index is 0.0905. The molecule has 0 N–H and O–H groups in total. The predicted octanol–water partition coefficient (Wildman–Crippen LogP) is 3.62. The molecule has 0 atom stereocenters. The number of benzene rings is 1. The van der Waals surface area contributed by atoms with Gasteiger partial charge < -0.3 is 18.8 Å². The topological polar surface area (TPSA) is 68.0 Å². The standard InChI is InChI=1S/C23H27N3O4S/c1-16-19(24-23(30-16)21-5-4-12-31-21)14-22(27)26-10-8-25(9-11-26)15-17-13-18(28-2)6-7-20(17)29-3/h4-7,12-13H,8-11,14-15H2,1-3H3. The van der Waals surface area contributed by atoms with Crippen LogP contribution >= 0.6 is 11.3 Å². The van der Waals surface area contributed by atoms with Crippen LogP contribution in [0.1, 0.15) is 17.0 Å². The number of oxazole rings is 1. The number of aryl methyl sites for hydroxylation is 1. The van der Waals surface area contributed by atoms with Crippen LogP contribution < -0.4 is 9.47 Å². The molecule has 164 valence electrons. The summed E-state index contributed by atoms with van der Waals surface area (Å²) in [4.78, 5) is 22.6. The molecule has 2 aromatic heterocycles. The largest absolute Gasteiger partial charge is 0.497 e. The minimum absolute atomic E-state index is 0.0905. The number of piperazine rings is 1. The van der Waals surface area contributed by atoms with Gasteiger partial charge in [-0.25, -0.2) is 4.98 Å². The average Bonchev–Trinajstić information content (AvgIpc) is 3.44. The Morgan fingerprint density at radius 1 is 1.16 bits per heavy atom. The van der Waals surface area contributed by atoms with Crippen LogP contribution in [-0.4, -0.2) is 61.1 Å². The summed E-state index contributed by atoms with van der Waals surface area (Å²) in [5.41, 5.74) is 1.80. The molecule has 0 aliphatic carbocycles. The Kier molecular flexibility index (Phi) is 6.58. The zero-order valence-electron chi connectivity index (χ0n) is 18.1. The summed E-state index contributed by atoms with van der Waals surface area (Å²) in [5, 5.41) is 1.99. The number of hydrogen-bond donors (Lipinski definition) is 0. The zero-order valence-corrected chi connectivity index (χ0v) is 18.9. The molecule has 0 saturated carbocycles. The highest BCUT2D eigenvalue weighted by atomic mass is 32.1. The number of nitrogens with zero attached hydrogens (tertiary/aromatic N) is 3.